The molecule has 7 heteroatoms. The van der Waals surface area contributed by atoms with Gasteiger partial charge in [0.25, 0.3) is 0 Å². The molecule has 2 unspecified atom stereocenters. The molecule has 1 aliphatic heterocycles. The van der Waals surface area contributed by atoms with Gasteiger partial charge in [-0.15, -0.1) is 12.4 Å². The van der Waals surface area contributed by atoms with E-state index in [1.807, 2.05) is 13.8 Å². The molecule has 1 aromatic carbocycles. The zero-order chi connectivity index (χ0) is 15.5. The lowest BCUT2D eigenvalue weighted by Crippen LogP contribution is -2.51. The van der Waals surface area contributed by atoms with E-state index in [0.717, 1.165) is 19.3 Å². The van der Waals surface area contributed by atoms with Crippen LogP contribution in [-0.4, -0.2) is 38.0 Å². The van der Waals surface area contributed by atoms with Crippen LogP contribution >= 0.6 is 12.4 Å². The minimum atomic E-state index is -3.49. The van der Waals surface area contributed by atoms with Gasteiger partial charge in [0.05, 0.1) is 11.5 Å². The molecule has 22 heavy (non-hydrogen) atoms. The fourth-order valence-corrected chi connectivity index (χ4v) is 4.54. The van der Waals surface area contributed by atoms with Crippen molar-refractivity contribution < 1.29 is 13.2 Å². The minimum absolute atomic E-state index is 0. The number of piperidine rings is 1. The predicted octanol–water partition coefficient (Wildman–Crippen LogP) is 2.40. The maximum atomic E-state index is 12.8. The number of nitrogens with zero attached hydrogens (tertiary/aromatic N) is 1. The van der Waals surface area contributed by atoms with Crippen molar-refractivity contribution in [2.75, 3.05) is 13.2 Å². The first-order valence-electron chi connectivity index (χ1n) is 7.47. The van der Waals surface area contributed by atoms with Crippen LogP contribution in [0.3, 0.4) is 0 Å². The van der Waals surface area contributed by atoms with E-state index >= 15 is 0 Å². The molecule has 1 fully saturated rings. The lowest BCUT2D eigenvalue weighted by molar-refractivity contribution is 0.227. The van der Waals surface area contributed by atoms with Gasteiger partial charge >= 0.3 is 0 Å². The van der Waals surface area contributed by atoms with Crippen LogP contribution in [0.4, 0.5) is 0 Å². The number of benzene rings is 1. The summed E-state index contributed by atoms with van der Waals surface area (Å²) in [6, 6.07) is 6.32. The van der Waals surface area contributed by atoms with Crippen LogP contribution in [0.1, 0.15) is 33.1 Å². The van der Waals surface area contributed by atoms with Gasteiger partial charge in [0.15, 0.2) is 0 Å². The van der Waals surface area contributed by atoms with Gasteiger partial charge < -0.3 is 10.5 Å². The Balaban J connectivity index is 0.00000242. The molecule has 2 rings (SSSR count). The maximum absolute atomic E-state index is 12.8. The Morgan fingerprint density at radius 3 is 2.50 bits per heavy atom. The molecule has 1 aromatic rings. The molecule has 126 valence electrons. The zero-order valence-corrected chi connectivity index (χ0v) is 14.7. The van der Waals surface area contributed by atoms with Crippen molar-refractivity contribution in [1.29, 1.82) is 0 Å². The van der Waals surface area contributed by atoms with Crippen LogP contribution in [0, 0.1) is 0 Å². The molecule has 0 amide bonds. The van der Waals surface area contributed by atoms with E-state index in [2.05, 4.69) is 0 Å². The highest BCUT2D eigenvalue weighted by Gasteiger charge is 2.35. The number of sulfonamides is 1. The molecular formula is C15H25ClN2O3S. The SMILES string of the molecule is CCOc1ccc(S(=O)(=O)N2CCCCC2C(C)N)cc1.Cl. The number of hydrogen-bond donors (Lipinski definition) is 1. The molecule has 0 saturated carbocycles. The van der Waals surface area contributed by atoms with E-state index in [-0.39, 0.29) is 24.5 Å². The second-order valence-electron chi connectivity index (χ2n) is 5.44. The summed E-state index contributed by atoms with van der Waals surface area (Å²) in [6.45, 7) is 4.87. The smallest absolute Gasteiger partial charge is 0.243 e. The first-order chi connectivity index (χ1) is 9.96. The normalized spacial score (nSPS) is 21.0. The largest absolute Gasteiger partial charge is 0.494 e. The van der Waals surface area contributed by atoms with Gasteiger partial charge in [-0.25, -0.2) is 8.42 Å². The van der Waals surface area contributed by atoms with Crippen molar-refractivity contribution in [1.82, 2.24) is 4.31 Å². The number of nitrogens with two attached hydrogens (primary N) is 1. The Morgan fingerprint density at radius 1 is 1.32 bits per heavy atom. The third-order valence-electron chi connectivity index (χ3n) is 3.85. The molecule has 1 aliphatic rings. The summed E-state index contributed by atoms with van der Waals surface area (Å²) in [7, 11) is -3.49. The summed E-state index contributed by atoms with van der Waals surface area (Å²) < 4.78 is 32.5. The van der Waals surface area contributed by atoms with E-state index in [0.29, 0.717) is 23.8 Å². The topological polar surface area (TPSA) is 72.6 Å². The average molecular weight is 349 g/mol. The van der Waals surface area contributed by atoms with Gasteiger partial charge in [-0.2, -0.15) is 4.31 Å². The quantitative estimate of drug-likeness (QED) is 0.886. The lowest BCUT2D eigenvalue weighted by atomic mass is 10.00. The van der Waals surface area contributed by atoms with Crippen LogP contribution in [0.2, 0.25) is 0 Å². The van der Waals surface area contributed by atoms with Crippen molar-refractivity contribution in [3.05, 3.63) is 24.3 Å². The van der Waals surface area contributed by atoms with Gasteiger partial charge in [-0.3, -0.25) is 0 Å². The Kier molecular flexibility index (Phi) is 7.12. The first kappa shape index (κ1) is 19.2. The number of rotatable bonds is 5. The summed E-state index contributed by atoms with van der Waals surface area (Å²) in [5.41, 5.74) is 5.97. The second kappa shape index (κ2) is 8.15. The number of ether oxygens (including phenoxy) is 1. The van der Waals surface area contributed by atoms with Crippen molar-refractivity contribution in [3.8, 4) is 5.75 Å². The summed E-state index contributed by atoms with van der Waals surface area (Å²) in [4.78, 5) is 0.304. The van der Waals surface area contributed by atoms with E-state index in [1.165, 1.54) is 0 Å². The van der Waals surface area contributed by atoms with E-state index in [9.17, 15) is 8.42 Å². The Bertz CT molecular complexity index is 561. The maximum Gasteiger partial charge on any atom is 0.243 e. The molecule has 0 spiro atoms. The third kappa shape index (κ3) is 4.13. The Labute approximate surface area is 139 Å². The second-order valence-corrected chi connectivity index (χ2v) is 7.33. The van der Waals surface area contributed by atoms with Gasteiger partial charge in [0.2, 0.25) is 10.0 Å². The van der Waals surface area contributed by atoms with Crippen molar-refractivity contribution in [2.24, 2.45) is 5.73 Å². The van der Waals surface area contributed by atoms with Crippen molar-refractivity contribution in [3.63, 3.8) is 0 Å². The van der Waals surface area contributed by atoms with Crippen LogP contribution < -0.4 is 10.5 Å². The highest BCUT2D eigenvalue weighted by Crippen LogP contribution is 2.27. The zero-order valence-electron chi connectivity index (χ0n) is 13.1. The molecule has 0 bridgehead atoms. The summed E-state index contributed by atoms with van der Waals surface area (Å²) in [6.07, 6.45) is 2.74. The van der Waals surface area contributed by atoms with Crippen LogP contribution in [0.15, 0.2) is 29.2 Å². The first-order valence-corrected chi connectivity index (χ1v) is 8.91. The van der Waals surface area contributed by atoms with E-state index in [1.54, 1.807) is 28.6 Å². The molecule has 5 nitrogen and oxygen atoms in total. The molecule has 0 aliphatic carbocycles. The highest BCUT2D eigenvalue weighted by molar-refractivity contribution is 7.89. The molecule has 0 aromatic heterocycles. The molecule has 1 heterocycles. The highest BCUT2D eigenvalue weighted by atomic mass is 35.5. The van der Waals surface area contributed by atoms with E-state index in [4.69, 9.17) is 10.5 Å². The summed E-state index contributed by atoms with van der Waals surface area (Å²) in [5.74, 6) is 0.679. The van der Waals surface area contributed by atoms with Crippen molar-refractivity contribution in [2.45, 2.75) is 50.1 Å². The Morgan fingerprint density at radius 2 is 1.95 bits per heavy atom. The average Bonchev–Trinajstić information content (AvgIpc) is 2.48. The fourth-order valence-electron chi connectivity index (χ4n) is 2.76. The van der Waals surface area contributed by atoms with Crippen LogP contribution in [0.25, 0.3) is 0 Å². The minimum Gasteiger partial charge on any atom is -0.494 e. The number of hydrogen-bond acceptors (Lipinski definition) is 4. The summed E-state index contributed by atoms with van der Waals surface area (Å²) >= 11 is 0. The van der Waals surface area contributed by atoms with Gasteiger partial charge in [0.1, 0.15) is 5.75 Å². The van der Waals surface area contributed by atoms with Gasteiger partial charge in [-0.1, -0.05) is 6.42 Å². The van der Waals surface area contributed by atoms with Gasteiger partial charge in [0, 0.05) is 18.6 Å². The van der Waals surface area contributed by atoms with Crippen molar-refractivity contribution >= 4 is 22.4 Å². The van der Waals surface area contributed by atoms with Crippen LogP contribution in [-0.2, 0) is 10.0 Å². The van der Waals surface area contributed by atoms with Crippen LogP contribution in [0.5, 0.6) is 5.75 Å². The van der Waals surface area contributed by atoms with E-state index < -0.39 is 10.0 Å². The monoisotopic (exact) mass is 348 g/mol. The molecule has 2 N–H and O–H groups in total. The van der Waals surface area contributed by atoms with Gasteiger partial charge in [-0.05, 0) is 51.0 Å². The predicted molar refractivity (Wildman–Crippen MR) is 90.0 cm³/mol. The fraction of sp³-hybridized carbons (Fsp3) is 0.600. The molecule has 1 saturated heterocycles. The third-order valence-corrected chi connectivity index (χ3v) is 5.79. The standard InChI is InChI=1S/C15H24N2O3S.ClH/c1-3-20-13-7-9-14(10-8-13)21(18,19)17-11-5-4-6-15(17)12(2)16;/h7-10,12,15H,3-6,11,16H2,1-2H3;1H. The molecular weight excluding hydrogens is 324 g/mol. The summed E-state index contributed by atoms with van der Waals surface area (Å²) in [5, 5.41) is 0. The Hall–Kier alpha value is -0.820. The lowest BCUT2D eigenvalue weighted by Gasteiger charge is -2.36. The molecule has 2 atom stereocenters. The number of halogens is 1. The molecule has 0 radical (unpaired) electrons.